The topological polar surface area (TPSA) is 36.4 Å². The first-order chi connectivity index (χ1) is 9.55. The lowest BCUT2D eigenvalue weighted by Gasteiger charge is -2.38. The van der Waals surface area contributed by atoms with Crippen LogP contribution in [-0.2, 0) is 4.79 Å². The molecule has 1 amide bonds. The minimum atomic E-state index is -0.137. The normalized spacial score (nSPS) is 26.9. The number of nitrogens with zero attached hydrogens (tertiary/aromatic N) is 3. The summed E-state index contributed by atoms with van der Waals surface area (Å²) in [5.74, 6) is 0.374. The third kappa shape index (κ3) is 2.12. The van der Waals surface area contributed by atoms with E-state index >= 15 is 0 Å². The molecule has 0 aromatic carbocycles. The van der Waals surface area contributed by atoms with Crippen LogP contribution in [0.4, 0.5) is 5.13 Å². The number of hydrogen-bond donors (Lipinski definition) is 0. The number of amides is 1. The lowest BCUT2D eigenvalue weighted by Crippen LogP contribution is -2.49. The average molecular weight is 293 g/mol. The van der Waals surface area contributed by atoms with Crippen molar-refractivity contribution in [3.05, 3.63) is 10.6 Å². The first kappa shape index (κ1) is 13.9. The van der Waals surface area contributed by atoms with Crippen LogP contribution >= 0.6 is 11.3 Å². The van der Waals surface area contributed by atoms with E-state index in [2.05, 4.69) is 30.7 Å². The molecule has 2 saturated heterocycles. The van der Waals surface area contributed by atoms with E-state index in [4.69, 9.17) is 0 Å². The minimum Gasteiger partial charge on any atom is -0.347 e. The van der Waals surface area contributed by atoms with Crippen molar-refractivity contribution >= 4 is 22.4 Å². The molecular weight excluding hydrogens is 270 g/mol. The number of anilines is 1. The van der Waals surface area contributed by atoms with Gasteiger partial charge in [0, 0.05) is 31.1 Å². The predicted octanol–water partition coefficient (Wildman–Crippen LogP) is 2.60. The van der Waals surface area contributed by atoms with Crippen LogP contribution in [0.5, 0.6) is 0 Å². The summed E-state index contributed by atoms with van der Waals surface area (Å²) in [6.45, 7) is 9.86. The summed E-state index contributed by atoms with van der Waals surface area (Å²) in [7, 11) is 0. The zero-order valence-corrected chi connectivity index (χ0v) is 13.4. The highest BCUT2D eigenvalue weighted by Gasteiger charge is 2.48. The number of aryl methyl sites for hydroxylation is 2. The Morgan fingerprint density at radius 3 is 2.75 bits per heavy atom. The molecule has 0 radical (unpaired) electrons. The molecule has 0 saturated carbocycles. The van der Waals surface area contributed by atoms with Crippen LogP contribution in [0.2, 0.25) is 0 Å². The molecular formula is C15H23N3OS. The lowest BCUT2D eigenvalue weighted by molar-refractivity contribution is -0.144. The van der Waals surface area contributed by atoms with Gasteiger partial charge < -0.3 is 9.80 Å². The third-order valence-electron chi connectivity index (χ3n) is 4.85. The van der Waals surface area contributed by atoms with Crippen LogP contribution in [0.15, 0.2) is 0 Å². The number of rotatable bonds is 2. The molecule has 2 aliphatic heterocycles. The van der Waals surface area contributed by atoms with Gasteiger partial charge in [0.05, 0.1) is 11.1 Å². The van der Waals surface area contributed by atoms with Crippen LogP contribution in [0, 0.1) is 19.3 Å². The molecule has 1 aromatic heterocycles. The van der Waals surface area contributed by atoms with E-state index in [9.17, 15) is 4.79 Å². The van der Waals surface area contributed by atoms with Crippen LogP contribution in [-0.4, -0.2) is 42.0 Å². The van der Waals surface area contributed by atoms with Crippen molar-refractivity contribution in [2.45, 2.75) is 40.0 Å². The van der Waals surface area contributed by atoms with E-state index in [0.29, 0.717) is 5.91 Å². The van der Waals surface area contributed by atoms with Crippen molar-refractivity contribution in [3.8, 4) is 0 Å². The molecule has 0 N–H and O–H groups in total. The quantitative estimate of drug-likeness (QED) is 0.841. The Balaban J connectivity index is 1.80. The van der Waals surface area contributed by atoms with Gasteiger partial charge in [0.2, 0.25) is 5.91 Å². The van der Waals surface area contributed by atoms with Gasteiger partial charge >= 0.3 is 0 Å². The summed E-state index contributed by atoms with van der Waals surface area (Å²) in [6, 6.07) is 0. The van der Waals surface area contributed by atoms with E-state index < -0.39 is 0 Å². The number of carbonyl (C=O) groups is 1. The van der Waals surface area contributed by atoms with Crippen LogP contribution < -0.4 is 4.90 Å². The van der Waals surface area contributed by atoms with Crippen molar-refractivity contribution in [1.82, 2.24) is 9.88 Å². The highest BCUT2D eigenvalue weighted by atomic mass is 32.1. The Morgan fingerprint density at radius 1 is 1.30 bits per heavy atom. The van der Waals surface area contributed by atoms with Gasteiger partial charge in [0.1, 0.15) is 0 Å². The maximum absolute atomic E-state index is 12.7. The maximum Gasteiger partial charge on any atom is 0.230 e. The fraction of sp³-hybridized carbons (Fsp3) is 0.733. The van der Waals surface area contributed by atoms with Crippen LogP contribution in [0.3, 0.4) is 0 Å². The summed E-state index contributed by atoms with van der Waals surface area (Å²) >= 11 is 1.76. The van der Waals surface area contributed by atoms with Crippen molar-refractivity contribution < 1.29 is 4.79 Å². The standard InChI is InChI=1S/C15H23N3OS/c1-4-17-8-5-6-15(13(17)19)7-9-18(10-15)14-16-11(2)12(3)20-14/h4-10H2,1-3H3/t15-/m0/s1. The Bertz CT molecular complexity index is 508. The van der Waals surface area contributed by atoms with Crippen molar-refractivity contribution in [2.75, 3.05) is 31.1 Å². The second kappa shape index (κ2) is 5.02. The number of piperidine rings is 1. The van der Waals surface area contributed by atoms with Gasteiger partial charge in [-0.1, -0.05) is 0 Å². The van der Waals surface area contributed by atoms with E-state index in [0.717, 1.165) is 56.3 Å². The molecule has 0 bridgehead atoms. The molecule has 0 unspecified atom stereocenters. The number of likely N-dealkylation sites (tertiary alicyclic amines) is 1. The predicted molar refractivity (Wildman–Crippen MR) is 82.3 cm³/mol. The zero-order chi connectivity index (χ0) is 14.3. The Kier molecular flexibility index (Phi) is 3.48. The molecule has 0 aliphatic carbocycles. The van der Waals surface area contributed by atoms with Gasteiger partial charge in [-0.3, -0.25) is 4.79 Å². The number of carbonyl (C=O) groups excluding carboxylic acids is 1. The molecule has 4 nitrogen and oxygen atoms in total. The highest BCUT2D eigenvalue weighted by molar-refractivity contribution is 7.15. The summed E-state index contributed by atoms with van der Waals surface area (Å²) in [5.41, 5.74) is 0.984. The molecule has 2 aliphatic rings. The molecule has 3 heterocycles. The van der Waals surface area contributed by atoms with Gasteiger partial charge in [0.25, 0.3) is 0 Å². The summed E-state index contributed by atoms with van der Waals surface area (Å²) in [4.78, 5) is 23.0. The van der Waals surface area contributed by atoms with Gasteiger partial charge in [-0.05, 0) is 40.0 Å². The van der Waals surface area contributed by atoms with E-state index in [1.165, 1.54) is 4.88 Å². The molecule has 20 heavy (non-hydrogen) atoms. The third-order valence-corrected chi connectivity index (χ3v) is 5.98. The largest absolute Gasteiger partial charge is 0.347 e. The SMILES string of the molecule is CCN1CCC[C@@]2(CCN(c3nc(C)c(C)s3)C2)C1=O. The molecule has 1 aromatic rings. The monoisotopic (exact) mass is 293 g/mol. The lowest BCUT2D eigenvalue weighted by atomic mass is 9.78. The minimum absolute atomic E-state index is 0.137. The van der Waals surface area contributed by atoms with Crippen molar-refractivity contribution in [3.63, 3.8) is 0 Å². The van der Waals surface area contributed by atoms with E-state index in [1.807, 2.05) is 4.90 Å². The first-order valence-corrected chi connectivity index (χ1v) is 8.36. The second-order valence-corrected chi connectivity index (χ2v) is 7.26. The Labute approximate surface area is 124 Å². The maximum atomic E-state index is 12.7. The summed E-state index contributed by atoms with van der Waals surface area (Å²) < 4.78 is 0. The average Bonchev–Trinajstić information content (AvgIpc) is 2.99. The molecule has 3 rings (SSSR count). The smallest absolute Gasteiger partial charge is 0.230 e. The van der Waals surface area contributed by atoms with Gasteiger partial charge in [-0.25, -0.2) is 4.98 Å². The van der Waals surface area contributed by atoms with Crippen molar-refractivity contribution in [1.29, 1.82) is 0 Å². The molecule has 1 spiro atoms. The fourth-order valence-corrected chi connectivity index (χ4v) is 4.39. The van der Waals surface area contributed by atoms with Gasteiger partial charge in [-0.2, -0.15) is 0 Å². The fourth-order valence-electron chi connectivity index (χ4n) is 3.46. The first-order valence-electron chi connectivity index (χ1n) is 7.54. The van der Waals surface area contributed by atoms with Gasteiger partial charge in [-0.15, -0.1) is 11.3 Å². The highest BCUT2D eigenvalue weighted by Crippen LogP contribution is 2.42. The molecule has 1 atom stereocenters. The number of thiazole rings is 1. The van der Waals surface area contributed by atoms with Crippen LogP contribution in [0.1, 0.15) is 36.8 Å². The Hall–Kier alpha value is -1.10. The summed E-state index contributed by atoms with van der Waals surface area (Å²) in [5, 5.41) is 1.10. The molecule has 2 fully saturated rings. The molecule has 5 heteroatoms. The zero-order valence-electron chi connectivity index (χ0n) is 12.6. The summed E-state index contributed by atoms with van der Waals surface area (Å²) in [6.07, 6.45) is 3.17. The van der Waals surface area contributed by atoms with Gasteiger partial charge in [0.15, 0.2) is 5.13 Å². The Morgan fingerprint density at radius 2 is 2.10 bits per heavy atom. The van der Waals surface area contributed by atoms with Crippen molar-refractivity contribution in [2.24, 2.45) is 5.41 Å². The van der Waals surface area contributed by atoms with E-state index in [1.54, 1.807) is 11.3 Å². The second-order valence-electron chi connectivity index (χ2n) is 6.08. The number of hydrogen-bond acceptors (Lipinski definition) is 4. The van der Waals surface area contributed by atoms with E-state index in [-0.39, 0.29) is 5.41 Å². The molecule has 110 valence electrons. The van der Waals surface area contributed by atoms with Crippen LogP contribution in [0.25, 0.3) is 0 Å². The number of aromatic nitrogens is 1.